The number of aliphatic imine (C=N–C) groups is 1. The fourth-order valence-corrected chi connectivity index (χ4v) is 2.85. The van der Waals surface area contributed by atoms with Crippen LogP contribution in [-0.4, -0.2) is 26.5 Å². The summed E-state index contributed by atoms with van der Waals surface area (Å²) in [6, 6.07) is 9.44. The zero-order valence-corrected chi connectivity index (χ0v) is 12.5. The standard InChI is InChI=1S/C17H11N3O4/c1-8-2-4-12-10(6-8)16(21)14(18-12)15-17(22)11-7-9(20(23)24)3-5-13(11)19-15/h2-7,19,22H,1H3. The highest BCUT2D eigenvalue weighted by atomic mass is 16.6. The zero-order chi connectivity index (χ0) is 17.0. The molecular weight excluding hydrogens is 310 g/mol. The fourth-order valence-electron chi connectivity index (χ4n) is 2.85. The number of carbonyl (C=O) groups is 1. The van der Waals surface area contributed by atoms with Gasteiger partial charge in [-0.3, -0.25) is 14.9 Å². The van der Waals surface area contributed by atoms with E-state index in [2.05, 4.69) is 9.98 Å². The normalized spacial score (nSPS) is 13.2. The summed E-state index contributed by atoms with van der Waals surface area (Å²) in [7, 11) is 0. The maximum Gasteiger partial charge on any atom is 0.270 e. The summed E-state index contributed by atoms with van der Waals surface area (Å²) >= 11 is 0. The van der Waals surface area contributed by atoms with Gasteiger partial charge in [0.1, 0.15) is 11.4 Å². The highest BCUT2D eigenvalue weighted by molar-refractivity contribution is 6.55. The Morgan fingerprint density at radius 1 is 1.21 bits per heavy atom. The number of Topliss-reactive ketones (excluding diaryl/α,β-unsaturated/α-hetero) is 1. The van der Waals surface area contributed by atoms with Crippen LogP contribution in [0.15, 0.2) is 41.4 Å². The molecule has 0 bridgehead atoms. The Bertz CT molecular complexity index is 1080. The Balaban J connectivity index is 1.88. The number of hydrogen-bond donors (Lipinski definition) is 2. The minimum absolute atomic E-state index is 0.104. The number of benzene rings is 2. The molecule has 0 unspecified atom stereocenters. The zero-order valence-electron chi connectivity index (χ0n) is 12.5. The first kappa shape index (κ1) is 14.1. The molecule has 3 aromatic rings. The van der Waals surface area contributed by atoms with E-state index in [1.54, 1.807) is 12.1 Å². The van der Waals surface area contributed by atoms with E-state index in [-0.39, 0.29) is 34.0 Å². The molecule has 7 nitrogen and oxygen atoms in total. The van der Waals surface area contributed by atoms with E-state index in [4.69, 9.17) is 0 Å². The number of carbonyl (C=O) groups excluding carboxylic acids is 1. The number of ketones is 1. The van der Waals surface area contributed by atoms with Crippen LogP contribution in [-0.2, 0) is 0 Å². The Hall–Kier alpha value is -3.48. The quantitative estimate of drug-likeness (QED) is 0.557. The van der Waals surface area contributed by atoms with Crippen LogP contribution in [0.1, 0.15) is 21.6 Å². The van der Waals surface area contributed by atoms with E-state index in [0.29, 0.717) is 16.8 Å². The molecule has 4 rings (SSSR count). The lowest BCUT2D eigenvalue weighted by Crippen LogP contribution is -2.11. The van der Waals surface area contributed by atoms with Crippen LogP contribution in [0.4, 0.5) is 11.4 Å². The van der Waals surface area contributed by atoms with Crippen molar-refractivity contribution in [3.8, 4) is 5.75 Å². The molecule has 0 fully saturated rings. The van der Waals surface area contributed by atoms with Crippen molar-refractivity contribution >= 4 is 33.8 Å². The molecule has 118 valence electrons. The summed E-state index contributed by atoms with van der Waals surface area (Å²) in [5, 5.41) is 21.6. The molecule has 0 spiro atoms. The number of aryl methyl sites for hydroxylation is 1. The monoisotopic (exact) mass is 321 g/mol. The average molecular weight is 321 g/mol. The molecule has 0 amide bonds. The minimum atomic E-state index is -0.539. The Kier molecular flexibility index (Phi) is 2.80. The van der Waals surface area contributed by atoms with Crippen LogP contribution < -0.4 is 0 Å². The Morgan fingerprint density at radius 3 is 2.75 bits per heavy atom. The largest absolute Gasteiger partial charge is 0.505 e. The van der Waals surface area contributed by atoms with Gasteiger partial charge >= 0.3 is 0 Å². The second-order valence-electron chi connectivity index (χ2n) is 5.65. The number of nitro groups is 1. The second kappa shape index (κ2) is 4.76. The van der Waals surface area contributed by atoms with Gasteiger partial charge < -0.3 is 10.1 Å². The number of nitrogens with zero attached hydrogens (tertiary/aromatic N) is 2. The van der Waals surface area contributed by atoms with Crippen LogP contribution in [0.5, 0.6) is 5.75 Å². The van der Waals surface area contributed by atoms with Gasteiger partial charge in [-0.15, -0.1) is 0 Å². The van der Waals surface area contributed by atoms with E-state index >= 15 is 0 Å². The van der Waals surface area contributed by atoms with Crippen molar-refractivity contribution in [1.82, 2.24) is 4.98 Å². The predicted octanol–water partition coefficient (Wildman–Crippen LogP) is 3.41. The van der Waals surface area contributed by atoms with Crippen molar-refractivity contribution in [3.63, 3.8) is 0 Å². The van der Waals surface area contributed by atoms with Gasteiger partial charge in [-0.25, -0.2) is 4.99 Å². The van der Waals surface area contributed by atoms with Crippen molar-refractivity contribution in [2.75, 3.05) is 0 Å². The molecule has 1 aliphatic heterocycles. The van der Waals surface area contributed by atoms with Crippen LogP contribution in [0.3, 0.4) is 0 Å². The molecule has 24 heavy (non-hydrogen) atoms. The van der Waals surface area contributed by atoms with E-state index < -0.39 is 4.92 Å². The first-order chi connectivity index (χ1) is 11.5. The molecule has 0 aliphatic carbocycles. The molecular formula is C17H11N3O4. The molecule has 2 heterocycles. The first-order valence-electron chi connectivity index (χ1n) is 7.19. The van der Waals surface area contributed by atoms with Crippen molar-refractivity contribution in [3.05, 3.63) is 63.3 Å². The molecule has 0 saturated heterocycles. The van der Waals surface area contributed by atoms with Gasteiger partial charge in [0.05, 0.1) is 21.7 Å². The second-order valence-corrected chi connectivity index (χ2v) is 5.65. The maximum absolute atomic E-state index is 12.6. The van der Waals surface area contributed by atoms with Gasteiger partial charge in [0, 0.05) is 17.5 Å². The van der Waals surface area contributed by atoms with Gasteiger partial charge in [0.25, 0.3) is 5.69 Å². The maximum atomic E-state index is 12.6. The number of H-pyrrole nitrogens is 1. The molecule has 0 atom stereocenters. The minimum Gasteiger partial charge on any atom is -0.505 e. The number of aromatic amines is 1. The number of nitro benzene ring substituents is 1. The SMILES string of the molecule is Cc1ccc2c(c1)C(=O)C(c1[nH]c3ccc([N+](=O)[O-])cc3c1O)=N2. The summed E-state index contributed by atoms with van der Waals surface area (Å²) in [5.74, 6) is -0.504. The Labute approximate surface area is 135 Å². The summed E-state index contributed by atoms with van der Waals surface area (Å²) in [6.07, 6.45) is 0. The molecule has 1 aliphatic rings. The summed E-state index contributed by atoms with van der Waals surface area (Å²) in [4.78, 5) is 30.2. The van der Waals surface area contributed by atoms with E-state index in [1.165, 1.54) is 18.2 Å². The molecule has 0 radical (unpaired) electrons. The van der Waals surface area contributed by atoms with Crippen LogP contribution >= 0.6 is 0 Å². The van der Waals surface area contributed by atoms with Gasteiger partial charge in [0.2, 0.25) is 5.78 Å². The van der Waals surface area contributed by atoms with E-state index in [1.807, 2.05) is 13.0 Å². The van der Waals surface area contributed by atoms with E-state index in [0.717, 1.165) is 5.56 Å². The molecule has 7 heteroatoms. The lowest BCUT2D eigenvalue weighted by Gasteiger charge is -1.98. The number of non-ortho nitro benzene ring substituents is 1. The number of hydrogen-bond acceptors (Lipinski definition) is 5. The number of nitrogens with one attached hydrogen (secondary N) is 1. The fraction of sp³-hybridized carbons (Fsp3) is 0.0588. The van der Waals surface area contributed by atoms with Crippen molar-refractivity contribution in [2.24, 2.45) is 4.99 Å². The number of fused-ring (bicyclic) bond motifs is 2. The third-order valence-corrected chi connectivity index (χ3v) is 4.05. The lowest BCUT2D eigenvalue weighted by molar-refractivity contribution is -0.384. The lowest BCUT2D eigenvalue weighted by atomic mass is 10.0. The van der Waals surface area contributed by atoms with Crippen LogP contribution in [0, 0.1) is 17.0 Å². The molecule has 1 aromatic heterocycles. The van der Waals surface area contributed by atoms with Crippen molar-refractivity contribution < 1.29 is 14.8 Å². The van der Waals surface area contributed by atoms with E-state index in [9.17, 15) is 20.0 Å². The van der Waals surface area contributed by atoms with Gasteiger partial charge in [-0.2, -0.15) is 0 Å². The van der Waals surface area contributed by atoms with Gasteiger partial charge in [0.15, 0.2) is 5.75 Å². The number of rotatable bonds is 2. The topological polar surface area (TPSA) is 109 Å². The molecule has 0 saturated carbocycles. The Morgan fingerprint density at radius 2 is 2.00 bits per heavy atom. The highest BCUT2D eigenvalue weighted by Gasteiger charge is 2.30. The van der Waals surface area contributed by atoms with Crippen molar-refractivity contribution in [1.29, 1.82) is 0 Å². The molecule has 2 aromatic carbocycles. The third kappa shape index (κ3) is 1.91. The van der Waals surface area contributed by atoms with Crippen LogP contribution in [0.25, 0.3) is 10.9 Å². The summed E-state index contributed by atoms with van der Waals surface area (Å²) in [6.45, 7) is 1.88. The van der Waals surface area contributed by atoms with Gasteiger partial charge in [-0.05, 0) is 25.1 Å². The number of aromatic hydroxyl groups is 1. The first-order valence-corrected chi connectivity index (χ1v) is 7.19. The summed E-state index contributed by atoms with van der Waals surface area (Å²) in [5.41, 5.74) is 2.60. The third-order valence-electron chi connectivity index (χ3n) is 4.05. The van der Waals surface area contributed by atoms with Crippen LogP contribution in [0.2, 0.25) is 0 Å². The highest BCUT2D eigenvalue weighted by Crippen LogP contribution is 2.36. The smallest absolute Gasteiger partial charge is 0.270 e. The average Bonchev–Trinajstić information content (AvgIpc) is 3.05. The predicted molar refractivity (Wildman–Crippen MR) is 88.3 cm³/mol. The van der Waals surface area contributed by atoms with Gasteiger partial charge in [-0.1, -0.05) is 11.6 Å². The summed E-state index contributed by atoms with van der Waals surface area (Å²) < 4.78 is 0. The molecule has 2 N–H and O–H groups in total. The van der Waals surface area contributed by atoms with Crippen molar-refractivity contribution in [2.45, 2.75) is 6.92 Å². The number of aromatic nitrogens is 1.